The number of halogens is 3. The molecule has 2 N–H and O–H groups in total. The molecule has 5 rings (SSSR count). The number of nitrogens with one attached hydrogen (secondary N) is 2. The molecular weight excluding hydrogens is 441 g/mol. The van der Waals surface area contributed by atoms with E-state index in [0.29, 0.717) is 11.5 Å². The fraction of sp³-hybridized carbons (Fsp3) is 0.381. The maximum atomic E-state index is 13.3. The average molecular weight is 460 g/mol. The molecule has 1 saturated carbocycles. The molecule has 2 aliphatic heterocycles. The predicted octanol–water partition coefficient (Wildman–Crippen LogP) is 1.67. The molecule has 172 valence electrons. The number of benzene rings is 1. The van der Waals surface area contributed by atoms with Gasteiger partial charge in [0.2, 0.25) is 5.91 Å². The third-order valence-corrected chi connectivity index (χ3v) is 5.88. The van der Waals surface area contributed by atoms with Crippen LogP contribution in [0.4, 0.5) is 24.7 Å². The van der Waals surface area contributed by atoms with Crippen LogP contribution in [0, 0.1) is 0 Å². The topological polar surface area (TPSA) is 108 Å². The highest BCUT2D eigenvalue weighted by Gasteiger charge is 2.42. The van der Waals surface area contributed by atoms with E-state index in [-0.39, 0.29) is 37.3 Å². The molecule has 1 atom stereocenters. The summed E-state index contributed by atoms with van der Waals surface area (Å²) < 4.78 is 40.0. The van der Waals surface area contributed by atoms with Gasteiger partial charge in [0.1, 0.15) is 6.04 Å². The van der Waals surface area contributed by atoms with Crippen molar-refractivity contribution in [2.24, 2.45) is 0 Å². The van der Waals surface area contributed by atoms with Crippen molar-refractivity contribution >= 4 is 29.2 Å². The van der Waals surface area contributed by atoms with E-state index in [1.54, 1.807) is 4.90 Å². The summed E-state index contributed by atoms with van der Waals surface area (Å²) in [7, 11) is 0. The van der Waals surface area contributed by atoms with E-state index in [4.69, 9.17) is 0 Å². The predicted molar refractivity (Wildman–Crippen MR) is 110 cm³/mol. The molecule has 33 heavy (non-hydrogen) atoms. The van der Waals surface area contributed by atoms with Gasteiger partial charge < -0.3 is 20.4 Å². The Morgan fingerprint density at radius 1 is 1.12 bits per heavy atom. The Bertz CT molecular complexity index is 1150. The van der Waals surface area contributed by atoms with Gasteiger partial charge in [-0.1, -0.05) is 12.1 Å². The summed E-state index contributed by atoms with van der Waals surface area (Å²) in [6.07, 6.45) is -2.84. The summed E-state index contributed by atoms with van der Waals surface area (Å²) in [4.78, 5) is 40.8. The van der Waals surface area contributed by atoms with Gasteiger partial charge >= 0.3 is 6.18 Å². The lowest BCUT2D eigenvalue weighted by Gasteiger charge is -2.44. The van der Waals surface area contributed by atoms with Gasteiger partial charge in [-0.05, 0) is 31.0 Å². The van der Waals surface area contributed by atoms with Crippen molar-refractivity contribution in [1.29, 1.82) is 0 Å². The smallest absolute Gasteiger partial charge is 0.348 e. The van der Waals surface area contributed by atoms with Gasteiger partial charge in [-0.15, -0.1) is 10.2 Å². The van der Waals surface area contributed by atoms with Crippen molar-refractivity contribution < 1.29 is 27.6 Å². The quantitative estimate of drug-likeness (QED) is 0.722. The van der Waals surface area contributed by atoms with Crippen LogP contribution < -0.4 is 15.5 Å². The van der Waals surface area contributed by atoms with E-state index >= 15 is 0 Å². The van der Waals surface area contributed by atoms with Crippen molar-refractivity contribution in [1.82, 2.24) is 20.4 Å². The first-order chi connectivity index (χ1) is 15.7. The van der Waals surface area contributed by atoms with E-state index in [1.165, 1.54) is 23.1 Å². The monoisotopic (exact) mass is 460 g/mol. The number of anilines is 2. The van der Waals surface area contributed by atoms with Crippen LogP contribution in [-0.2, 0) is 11.0 Å². The molecule has 0 spiro atoms. The van der Waals surface area contributed by atoms with E-state index in [0.717, 1.165) is 25.0 Å². The highest BCUT2D eigenvalue weighted by molar-refractivity contribution is 6.05. The fourth-order valence-electron chi connectivity index (χ4n) is 4.04. The summed E-state index contributed by atoms with van der Waals surface area (Å²) in [5, 5.41) is 13.6. The fourth-order valence-corrected chi connectivity index (χ4v) is 4.04. The van der Waals surface area contributed by atoms with Gasteiger partial charge in [0.05, 0.1) is 23.4 Å². The number of hydrogen-bond acceptors (Lipinski definition) is 6. The Kier molecular flexibility index (Phi) is 4.94. The zero-order chi connectivity index (χ0) is 23.3. The number of alkyl halides is 3. The standard InChI is InChI=1S/C21H19F3N6O3/c22-21(23,24)13-4-2-1-3-12(13)20(33)29-7-8-30-16(10-29)19(32)26-14-9-15(27-28-17(14)30)18(31)25-11-5-6-11/h1-4,9,11,16H,5-8,10H2,(H,25,31)(H,26,32). The maximum Gasteiger partial charge on any atom is 0.417 e. The second-order valence-electron chi connectivity index (χ2n) is 8.21. The van der Waals surface area contributed by atoms with Gasteiger partial charge in [0, 0.05) is 19.1 Å². The normalized spacial score (nSPS) is 20.0. The van der Waals surface area contributed by atoms with Crippen molar-refractivity contribution in [3.8, 4) is 0 Å². The molecule has 0 radical (unpaired) electrons. The van der Waals surface area contributed by atoms with Crippen LogP contribution in [0.5, 0.6) is 0 Å². The Balaban J connectivity index is 1.36. The van der Waals surface area contributed by atoms with Crippen molar-refractivity contribution in [3.05, 3.63) is 47.2 Å². The van der Waals surface area contributed by atoms with Crippen LogP contribution in [0.2, 0.25) is 0 Å². The number of carbonyl (C=O) groups is 3. The van der Waals surface area contributed by atoms with Crippen LogP contribution in [0.15, 0.2) is 30.3 Å². The van der Waals surface area contributed by atoms with Crippen LogP contribution in [0.3, 0.4) is 0 Å². The second kappa shape index (κ2) is 7.71. The molecule has 3 heterocycles. The minimum absolute atomic E-state index is 0.0805. The molecule has 2 aromatic rings. The van der Waals surface area contributed by atoms with Gasteiger partial charge in [-0.3, -0.25) is 14.4 Å². The van der Waals surface area contributed by atoms with Crippen LogP contribution in [0.25, 0.3) is 0 Å². The molecule has 0 bridgehead atoms. The SMILES string of the molecule is O=C(NC1CC1)c1cc2c(nn1)N1CCN(C(=O)c3ccccc3C(F)(F)F)CC1C(=O)N2. The average Bonchev–Trinajstić information content (AvgIpc) is 3.61. The number of hydrogen-bond donors (Lipinski definition) is 2. The lowest BCUT2D eigenvalue weighted by atomic mass is 10.0. The third kappa shape index (κ3) is 3.96. The lowest BCUT2D eigenvalue weighted by Crippen LogP contribution is -2.61. The lowest BCUT2D eigenvalue weighted by molar-refractivity contribution is -0.138. The molecule has 12 heteroatoms. The molecule has 3 amide bonds. The minimum Gasteiger partial charge on any atom is -0.348 e. The van der Waals surface area contributed by atoms with Gasteiger partial charge in [-0.25, -0.2) is 0 Å². The largest absolute Gasteiger partial charge is 0.417 e. The van der Waals surface area contributed by atoms with E-state index in [2.05, 4.69) is 20.8 Å². The first-order valence-corrected chi connectivity index (χ1v) is 10.4. The molecule has 1 unspecified atom stereocenters. The number of amides is 3. The Morgan fingerprint density at radius 3 is 2.61 bits per heavy atom. The number of rotatable bonds is 3. The van der Waals surface area contributed by atoms with Crippen LogP contribution in [-0.4, -0.2) is 64.5 Å². The number of carbonyl (C=O) groups excluding carboxylic acids is 3. The van der Waals surface area contributed by atoms with Gasteiger partial charge in [0.15, 0.2) is 11.5 Å². The van der Waals surface area contributed by atoms with Gasteiger partial charge in [0.25, 0.3) is 11.8 Å². The Morgan fingerprint density at radius 2 is 1.88 bits per heavy atom. The zero-order valence-corrected chi connectivity index (χ0v) is 17.2. The van der Waals surface area contributed by atoms with Gasteiger partial charge in [-0.2, -0.15) is 13.2 Å². The van der Waals surface area contributed by atoms with E-state index in [1.807, 2.05) is 0 Å². The molecule has 1 aliphatic carbocycles. The highest BCUT2D eigenvalue weighted by atomic mass is 19.4. The second-order valence-corrected chi connectivity index (χ2v) is 8.21. The zero-order valence-electron chi connectivity index (χ0n) is 17.2. The molecule has 1 aromatic carbocycles. The number of fused-ring (bicyclic) bond motifs is 3. The summed E-state index contributed by atoms with van der Waals surface area (Å²) in [5.74, 6) is -1.25. The molecular formula is C21H19F3N6O3. The molecule has 1 saturated heterocycles. The van der Waals surface area contributed by atoms with Crippen LogP contribution >= 0.6 is 0 Å². The maximum absolute atomic E-state index is 13.3. The molecule has 1 aromatic heterocycles. The van der Waals surface area contributed by atoms with Crippen molar-refractivity contribution in [3.63, 3.8) is 0 Å². The Labute approximate surface area is 185 Å². The first-order valence-electron chi connectivity index (χ1n) is 10.4. The summed E-state index contributed by atoms with van der Waals surface area (Å²) in [5.41, 5.74) is -1.06. The molecule has 3 aliphatic rings. The third-order valence-electron chi connectivity index (χ3n) is 5.88. The van der Waals surface area contributed by atoms with E-state index < -0.39 is 35.2 Å². The molecule has 9 nitrogen and oxygen atoms in total. The summed E-state index contributed by atoms with van der Waals surface area (Å²) in [6, 6.07) is 5.34. The summed E-state index contributed by atoms with van der Waals surface area (Å²) in [6.45, 7) is 0.162. The van der Waals surface area contributed by atoms with E-state index in [9.17, 15) is 27.6 Å². The highest BCUT2D eigenvalue weighted by Crippen LogP contribution is 2.34. The number of aromatic nitrogens is 2. The van der Waals surface area contributed by atoms with Crippen LogP contribution in [0.1, 0.15) is 39.3 Å². The van der Waals surface area contributed by atoms with Crippen molar-refractivity contribution in [2.75, 3.05) is 29.9 Å². The number of nitrogens with zero attached hydrogens (tertiary/aromatic N) is 4. The minimum atomic E-state index is -4.67. The van der Waals surface area contributed by atoms with Crippen molar-refractivity contribution in [2.45, 2.75) is 31.1 Å². The Hall–Kier alpha value is -3.70. The number of piperazine rings is 1. The molecule has 2 fully saturated rings. The first kappa shape index (κ1) is 21.2. The summed E-state index contributed by atoms with van der Waals surface area (Å²) >= 11 is 0.